The monoisotopic (exact) mass is 246 g/mol. The summed E-state index contributed by atoms with van der Waals surface area (Å²) in [4.78, 5) is 11.0. The SMILES string of the molecule is C=CC(=O)NCC1CCCC1NS(C)(=O)=O. The van der Waals surface area contributed by atoms with E-state index in [9.17, 15) is 13.2 Å². The molecule has 0 radical (unpaired) electrons. The molecular weight excluding hydrogens is 228 g/mol. The second kappa shape index (κ2) is 5.45. The van der Waals surface area contributed by atoms with E-state index < -0.39 is 10.0 Å². The van der Waals surface area contributed by atoms with Gasteiger partial charge in [-0.05, 0) is 24.8 Å². The molecule has 0 aromatic carbocycles. The molecule has 5 nitrogen and oxygen atoms in total. The van der Waals surface area contributed by atoms with Crippen molar-refractivity contribution in [3.05, 3.63) is 12.7 Å². The zero-order valence-corrected chi connectivity index (χ0v) is 10.2. The summed E-state index contributed by atoms with van der Waals surface area (Å²) in [6, 6.07) is -0.0554. The molecule has 1 aliphatic carbocycles. The number of carbonyl (C=O) groups is 1. The summed E-state index contributed by atoms with van der Waals surface area (Å²) in [6.45, 7) is 3.86. The van der Waals surface area contributed by atoms with E-state index in [2.05, 4.69) is 16.6 Å². The van der Waals surface area contributed by atoms with Gasteiger partial charge in [0, 0.05) is 12.6 Å². The molecule has 1 saturated carbocycles. The molecule has 1 amide bonds. The molecule has 1 fully saturated rings. The van der Waals surface area contributed by atoms with Crippen LogP contribution >= 0.6 is 0 Å². The highest BCUT2D eigenvalue weighted by Crippen LogP contribution is 2.25. The zero-order chi connectivity index (χ0) is 12.2. The Morgan fingerprint density at radius 3 is 2.75 bits per heavy atom. The quantitative estimate of drug-likeness (QED) is 0.671. The van der Waals surface area contributed by atoms with Crippen molar-refractivity contribution in [1.29, 1.82) is 0 Å². The lowest BCUT2D eigenvalue weighted by Gasteiger charge is -2.19. The van der Waals surface area contributed by atoms with Gasteiger partial charge >= 0.3 is 0 Å². The molecule has 0 spiro atoms. The van der Waals surface area contributed by atoms with Crippen LogP contribution in [0, 0.1) is 5.92 Å². The maximum Gasteiger partial charge on any atom is 0.243 e. The van der Waals surface area contributed by atoms with Crippen molar-refractivity contribution in [3.63, 3.8) is 0 Å². The van der Waals surface area contributed by atoms with E-state index in [1.165, 1.54) is 6.08 Å². The van der Waals surface area contributed by atoms with Crippen molar-refractivity contribution >= 4 is 15.9 Å². The number of hydrogen-bond donors (Lipinski definition) is 2. The van der Waals surface area contributed by atoms with E-state index in [0.29, 0.717) is 6.54 Å². The van der Waals surface area contributed by atoms with E-state index in [1.54, 1.807) is 0 Å². The third-order valence-corrected chi connectivity index (χ3v) is 3.48. The van der Waals surface area contributed by atoms with Gasteiger partial charge in [-0.1, -0.05) is 13.0 Å². The summed E-state index contributed by atoms with van der Waals surface area (Å²) in [7, 11) is -3.17. The number of hydrogen-bond acceptors (Lipinski definition) is 3. The van der Waals surface area contributed by atoms with Crippen LogP contribution in [0.2, 0.25) is 0 Å². The van der Waals surface area contributed by atoms with Crippen LogP contribution in [0.1, 0.15) is 19.3 Å². The highest BCUT2D eigenvalue weighted by Gasteiger charge is 2.29. The van der Waals surface area contributed by atoms with Gasteiger partial charge in [0.15, 0.2) is 0 Å². The highest BCUT2D eigenvalue weighted by molar-refractivity contribution is 7.88. The minimum absolute atomic E-state index is 0.0554. The fourth-order valence-electron chi connectivity index (χ4n) is 2.02. The molecule has 2 atom stereocenters. The van der Waals surface area contributed by atoms with Gasteiger partial charge in [0.25, 0.3) is 0 Å². The Bertz CT molecular complexity index is 364. The first-order valence-electron chi connectivity index (χ1n) is 5.30. The van der Waals surface area contributed by atoms with Crippen molar-refractivity contribution in [2.75, 3.05) is 12.8 Å². The summed E-state index contributed by atoms with van der Waals surface area (Å²) < 4.78 is 24.8. The average Bonchev–Trinajstić information content (AvgIpc) is 2.59. The van der Waals surface area contributed by atoms with Gasteiger partial charge in [-0.15, -0.1) is 0 Å². The number of amides is 1. The van der Waals surface area contributed by atoms with Crippen LogP contribution in [0.5, 0.6) is 0 Å². The molecule has 1 aliphatic rings. The van der Waals surface area contributed by atoms with E-state index in [1.807, 2.05) is 0 Å². The largest absolute Gasteiger partial charge is 0.352 e. The fourth-order valence-corrected chi connectivity index (χ4v) is 2.88. The van der Waals surface area contributed by atoms with Crippen LogP contribution in [0.15, 0.2) is 12.7 Å². The normalized spacial score (nSPS) is 25.3. The van der Waals surface area contributed by atoms with Gasteiger partial charge < -0.3 is 5.32 Å². The minimum atomic E-state index is -3.17. The van der Waals surface area contributed by atoms with Gasteiger partial charge in [0.1, 0.15) is 0 Å². The van der Waals surface area contributed by atoms with Crippen molar-refractivity contribution in [2.24, 2.45) is 5.92 Å². The van der Waals surface area contributed by atoms with Gasteiger partial charge in [-0.2, -0.15) is 0 Å². The van der Waals surface area contributed by atoms with Crippen LogP contribution in [0.3, 0.4) is 0 Å². The van der Waals surface area contributed by atoms with E-state index in [4.69, 9.17) is 0 Å². The average molecular weight is 246 g/mol. The second-order valence-electron chi connectivity index (χ2n) is 4.14. The summed E-state index contributed by atoms with van der Waals surface area (Å²) in [5, 5.41) is 2.70. The van der Waals surface area contributed by atoms with Crippen LogP contribution in [-0.2, 0) is 14.8 Å². The van der Waals surface area contributed by atoms with Crippen molar-refractivity contribution in [1.82, 2.24) is 10.0 Å². The molecule has 0 aliphatic heterocycles. The molecule has 16 heavy (non-hydrogen) atoms. The van der Waals surface area contributed by atoms with E-state index in [-0.39, 0.29) is 17.9 Å². The van der Waals surface area contributed by atoms with Gasteiger partial charge in [0.05, 0.1) is 6.26 Å². The lowest BCUT2D eigenvalue weighted by Crippen LogP contribution is -2.41. The summed E-state index contributed by atoms with van der Waals surface area (Å²) in [5.41, 5.74) is 0. The number of carbonyl (C=O) groups excluding carboxylic acids is 1. The highest BCUT2D eigenvalue weighted by atomic mass is 32.2. The standard InChI is InChI=1S/C10H18N2O3S/c1-3-10(13)11-7-8-5-4-6-9(8)12-16(2,14)15/h3,8-9,12H,1,4-7H2,2H3,(H,11,13). The Morgan fingerprint density at radius 2 is 2.19 bits per heavy atom. The third-order valence-electron chi connectivity index (χ3n) is 2.75. The molecule has 0 heterocycles. The number of nitrogens with one attached hydrogen (secondary N) is 2. The van der Waals surface area contributed by atoms with Crippen LogP contribution in [0.4, 0.5) is 0 Å². The molecular formula is C10H18N2O3S. The topological polar surface area (TPSA) is 75.3 Å². The first kappa shape index (κ1) is 13.2. The molecule has 0 aromatic heterocycles. The van der Waals surface area contributed by atoms with Crippen molar-refractivity contribution in [3.8, 4) is 0 Å². The zero-order valence-electron chi connectivity index (χ0n) is 9.40. The summed E-state index contributed by atoms with van der Waals surface area (Å²) in [5.74, 6) is -0.0383. The molecule has 1 rings (SSSR count). The maximum absolute atomic E-state index is 11.1. The Kier molecular flexibility index (Phi) is 4.49. The Labute approximate surface area is 96.4 Å². The minimum Gasteiger partial charge on any atom is -0.352 e. The van der Waals surface area contributed by atoms with E-state index in [0.717, 1.165) is 25.5 Å². The van der Waals surface area contributed by atoms with Gasteiger partial charge in [-0.3, -0.25) is 4.79 Å². The maximum atomic E-state index is 11.1. The molecule has 2 N–H and O–H groups in total. The van der Waals surface area contributed by atoms with Crippen molar-refractivity contribution < 1.29 is 13.2 Å². The molecule has 2 unspecified atom stereocenters. The Balaban J connectivity index is 2.46. The van der Waals surface area contributed by atoms with Crippen molar-refractivity contribution in [2.45, 2.75) is 25.3 Å². The van der Waals surface area contributed by atoms with E-state index >= 15 is 0 Å². The third kappa shape index (κ3) is 4.32. The fraction of sp³-hybridized carbons (Fsp3) is 0.700. The second-order valence-corrected chi connectivity index (χ2v) is 5.92. The predicted octanol–water partition coefficient (Wildman–Crippen LogP) is 0.00650. The summed E-state index contributed by atoms with van der Waals surface area (Å²) in [6.07, 6.45) is 5.13. The molecule has 0 bridgehead atoms. The smallest absolute Gasteiger partial charge is 0.243 e. The summed E-state index contributed by atoms with van der Waals surface area (Å²) >= 11 is 0. The number of sulfonamides is 1. The van der Waals surface area contributed by atoms with Crippen LogP contribution < -0.4 is 10.0 Å². The first-order valence-corrected chi connectivity index (χ1v) is 7.19. The molecule has 92 valence electrons. The number of rotatable bonds is 5. The molecule has 0 saturated heterocycles. The van der Waals surface area contributed by atoms with Gasteiger partial charge in [-0.25, -0.2) is 13.1 Å². The molecule has 0 aromatic rings. The lowest BCUT2D eigenvalue weighted by molar-refractivity contribution is -0.116. The molecule has 6 heteroatoms. The predicted molar refractivity (Wildman–Crippen MR) is 62.3 cm³/mol. The van der Waals surface area contributed by atoms with Crippen LogP contribution in [0.25, 0.3) is 0 Å². The lowest BCUT2D eigenvalue weighted by atomic mass is 10.1. The van der Waals surface area contributed by atoms with Gasteiger partial charge in [0.2, 0.25) is 15.9 Å². The first-order chi connectivity index (χ1) is 7.42. The Morgan fingerprint density at radius 1 is 1.50 bits per heavy atom. The Hall–Kier alpha value is -0.880. The van der Waals surface area contributed by atoms with Crippen LogP contribution in [-0.4, -0.2) is 33.2 Å².